The van der Waals surface area contributed by atoms with Gasteiger partial charge in [-0.3, -0.25) is 9.36 Å². The number of amides is 1. The van der Waals surface area contributed by atoms with Crippen LogP contribution < -0.4 is 10.1 Å². The summed E-state index contributed by atoms with van der Waals surface area (Å²) in [5.74, 6) is 0.567. The van der Waals surface area contributed by atoms with E-state index in [4.69, 9.17) is 16.3 Å². The van der Waals surface area contributed by atoms with E-state index >= 15 is 0 Å². The highest BCUT2D eigenvalue weighted by atomic mass is 35.5. The summed E-state index contributed by atoms with van der Waals surface area (Å²) in [5, 5.41) is 3.40. The normalized spacial score (nSPS) is 10.9. The number of ether oxygens (including phenoxy) is 1. The summed E-state index contributed by atoms with van der Waals surface area (Å²) in [6, 6.07) is 20.2. The van der Waals surface area contributed by atoms with E-state index in [1.807, 2.05) is 47.0 Å². The van der Waals surface area contributed by atoms with Gasteiger partial charge >= 0.3 is 6.18 Å². The first kappa shape index (κ1) is 23.1. The van der Waals surface area contributed by atoms with Gasteiger partial charge in [0.25, 0.3) is 5.91 Å². The van der Waals surface area contributed by atoms with Crippen molar-refractivity contribution in [1.29, 1.82) is 0 Å². The molecule has 4 aromatic rings. The Bertz CT molecular complexity index is 1220. The molecule has 0 spiro atoms. The number of aromatic nitrogens is 2. The summed E-state index contributed by atoms with van der Waals surface area (Å²) in [6.07, 6.45) is -2.23. The highest BCUT2D eigenvalue weighted by molar-refractivity contribution is 6.31. The van der Waals surface area contributed by atoms with Crippen LogP contribution in [0, 0.1) is 0 Å². The van der Waals surface area contributed by atoms with Gasteiger partial charge in [0.05, 0.1) is 18.1 Å². The number of hydrogen-bond acceptors (Lipinski definition) is 3. The van der Waals surface area contributed by atoms with Crippen molar-refractivity contribution in [2.24, 2.45) is 0 Å². The Kier molecular flexibility index (Phi) is 7.05. The number of benzene rings is 3. The van der Waals surface area contributed by atoms with E-state index in [9.17, 15) is 18.0 Å². The Hall–Kier alpha value is -3.52. The van der Waals surface area contributed by atoms with Crippen LogP contribution >= 0.6 is 11.6 Å². The van der Waals surface area contributed by atoms with Crippen molar-refractivity contribution in [3.8, 4) is 11.4 Å². The number of halogens is 4. The Morgan fingerprint density at radius 3 is 2.38 bits per heavy atom. The molecule has 1 aromatic heterocycles. The van der Waals surface area contributed by atoms with Crippen LogP contribution in [-0.4, -0.2) is 28.7 Å². The molecule has 9 heteroatoms. The van der Waals surface area contributed by atoms with Crippen molar-refractivity contribution in [2.75, 3.05) is 12.4 Å². The van der Waals surface area contributed by atoms with E-state index in [-0.39, 0.29) is 12.8 Å². The first-order valence-electron chi connectivity index (χ1n) is 9.39. The molecule has 0 aliphatic heterocycles. The fraction of sp³-hybridized carbons (Fsp3) is 0.130. The van der Waals surface area contributed by atoms with E-state index in [0.717, 1.165) is 22.5 Å². The average Bonchev–Trinajstić information content (AvgIpc) is 3.16. The fourth-order valence-corrected chi connectivity index (χ4v) is 3.05. The second-order valence-electron chi connectivity index (χ2n) is 6.76. The molecule has 4 rings (SSSR count). The van der Waals surface area contributed by atoms with E-state index < -0.39 is 6.18 Å². The Morgan fingerprint density at radius 2 is 1.75 bits per heavy atom. The van der Waals surface area contributed by atoms with Crippen LogP contribution in [0.5, 0.6) is 5.75 Å². The number of anilines is 1. The Morgan fingerprint density at radius 1 is 1.06 bits per heavy atom. The third kappa shape index (κ3) is 6.24. The number of imidazole rings is 1. The van der Waals surface area contributed by atoms with Gasteiger partial charge in [0.15, 0.2) is 0 Å². The summed E-state index contributed by atoms with van der Waals surface area (Å²) in [7, 11) is 1.63. The molecular weight excluding hydrogens is 443 g/mol. The monoisotopic (exact) mass is 461 g/mol. The van der Waals surface area contributed by atoms with Gasteiger partial charge in [-0.2, -0.15) is 13.2 Å². The lowest BCUT2D eigenvalue weighted by Gasteiger charge is -2.08. The number of alkyl halides is 3. The minimum atomic E-state index is -4.00. The predicted molar refractivity (Wildman–Crippen MR) is 119 cm³/mol. The number of carbonyl (C=O) groups is 1. The van der Waals surface area contributed by atoms with E-state index in [0.29, 0.717) is 16.3 Å². The average molecular weight is 462 g/mol. The van der Waals surface area contributed by atoms with Crippen LogP contribution in [-0.2, 0) is 0 Å². The molecule has 0 saturated heterocycles. The maximum absolute atomic E-state index is 12.3. The van der Waals surface area contributed by atoms with Crippen molar-refractivity contribution >= 4 is 34.2 Å². The van der Waals surface area contributed by atoms with Gasteiger partial charge in [0.2, 0.25) is 0 Å². The third-order valence-corrected chi connectivity index (χ3v) is 4.48. The van der Waals surface area contributed by atoms with Gasteiger partial charge in [0.1, 0.15) is 12.1 Å². The summed E-state index contributed by atoms with van der Waals surface area (Å²) in [5.41, 5.74) is 4.00. The molecule has 0 bridgehead atoms. The highest BCUT2D eigenvalue weighted by Crippen LogP contribution is 2.23. The molecule has 32 heavy (non-hydrogen) atoms. The van der Waals surface area contributed by atoms with Crippen LogP contribution in [0.4, 0.5) is 18.9 Å². The summed E-state index contributed by atoms with van der Waals surface area (Å²) in [4.78, 5) is 16.7. The van der Waals surface area contributed by atoms with Gasteiger partial charge in [-0.15, -0.1) is 0 Å². The maximum Gasteiger partial charge on any atom is 0.386 e. The molecule has 0 atom stereocenters. The first-order valence-corrected chi connectivity index (χ1v) is 9.77. The molecule has 1 N–H and O–H groups in total. The summed E-state index contributed by atoms with van der Waals surface area (Å²) < 4.78 is 38.3. The van der Waals surface area contributed by atoms with E-state index in [1.54, 1.807) is 37.7 Å². The van der Waals surface area contributed by atoms with Crippen LogP contribution in [0.1, 0.15) is 17.3 Å². The molecule has 0 saturated carbocycles. The molecule has 0 aliphatic rings. The fourth-order valence-electron chi connectivity index (χ4n) is 2.86. The zero-order valence-corrected chi connectivity index (χ0v) is 17.9. The van der Waals surface area contributed by atoms with Gasteiger partial charge < -0.3 is 10.1 Å². The van der Waals surface area contributed by atoms with Crippen LogP contribution in [0.2, 0.25) is 5.02 Å². The quantitative estimate of drug-likeness (QED) is 0.377. The molecule has 0 fully saturated rings. The standard InChI is InChI=1S/C21H16ClN3O2.C2H3F3/c1-27-18-9-10-20-19(12-18)23-13-25(20)17-7-5-16(6-8-17)24-21(26)14-3-2-4-15(22)11-14;1-2(3,4)5/h2-13H,1H3,(H,24,26);1H3. The number of methoxy groups -OCH3 is 1. The van der Waals surface area contributed by atoms with Gasteiger partial charge in [-0.05, 0) is 54.6 Å². The summed E-state index contributed by atoms with van der Waals surface area (Å²) in [6.45, 7) is 0.188. The van der Waals surface area contributed by atoms with Crippen LogP contribution in [0.15, 0.2) is 73.1 Å². The first-order chi connectivity index (χ1) is 15.1. The van der Waals surface area contributed by atoms with Crippen molar-refractivity contribution in [3.63, 3.8) is 0 Å². The van der Waals surface area contributed by atoms with Gasteiger partial charge in [0, 0.05) is 35.0 Å². The lowest BCUT2D eigenvalue weighted by atomic mass is 10.2. The van der Waals surface area contributed by atoms with Crippen molar-refractivity contribution < 1.29 is 22.7 Å². The third-order valence-electron chi connectivity index (χ3n) is 4.24. The molecular formula is C23H19ClF3N3O2. The lowest BCUT2D eigenvalue weighted by molar-refractivity contribution is -0.110. The zero-order valence-electron chi connectivity index (χ0n) is 17.2. The van der Waals surface area contributed by atoms with Crippen LogP contribution in [0.25, 0.3) is 16.7 Å². The largest absolute Gasteiger partial charge is 0.497 e. The van der Waals surface area contributed by atoms with E-state index in [2.05, 4.69) is 10.3 Å². The minimum absolute atomic E-state index is 0.188. The summed E-state index contributed by atoms with van der Waals surface area (Å²) >= 11 is 5.94. The van der Waals surface area contributed by atoms with E-state index in [1.165, 1.54) is 0 Å². The second-order valence-corrected chi connectivity index (χ2v) is 7.20. The van der Waals surface area contributed by atoms with Gasteiger partial charge in [-0.1, -0.05) is 17.7 Å². The topological polar surface area (TPSA) is 56.1 Å². The zero-order chi connectivity index (χ0) is 23.3. The molecule has 166 valence electrons. The predicted octanol–water partition coefficient (Wildman–Crippen LogP) is 6.51. The SMILES string of the molecule is CC(F)(F)F.COc1ccc2c(c1)ncn2-c1ccc(NC(=O)c2cccc(Cl)c2)cc1. The molecule has 0 radical (unpaired) electrons. The molecule has 0 aliphatic carbocycles. The van der Waals surface area contributed by atoms with Gasteiger partial charge in [-0.25, -0.2) is 4.98 Å². The van der Waals surface area contributed by atoms with Crippen molar-refractivity contribution in [1.82, 2.24) is 9.55 Å². The second kappa shape index (κ2) is 9.74. The number of carbonyl (C=O) groups excluding carboxylic acids is 1. The number of rotatable bonds is 4. The van der Waals surface area contributed by atoms with Crippen LogP contribution in [0.3, 0.4) is 0 Å². The molecule has 5 nitrogen and oxygen atoms in total. The number of nitrogens with one attached hydrogen (secondary N) is 1. The number of fused-ring (bicyclic) bond motifs is 1. The highest BCUT2D eigenvalue weighted by Gasteiger charge is 2.15. The Labute approximate surface area is 187 Å². The molecule has 0 unspecified atom stereocenters. The maximum atomic E-state index is 12.3. The van der Waals surface area contributed by atoms with Crippen molar-refractivity contribution in [2.45, 2.75) is 13.1 Å². The Balaban J connectivity index is 0.000000523. The molecule has 3 aromatic carbocycles. The number of nitrogens with zero attached hydrogens (tertiary/aromatic N) is 2. The lowest BCUT2D eigenvalue weighted by Crippen LogP contribution is -2.11. The smallest absolute Gasteiger partial charge is 0.386 e. The number of hydrogen-bond donors (Lipinski definition) is 1. The molecule has 1 heterocycles. The molecule has 1 amide bonds. The minimum Gasteiger partial charge on any atom is -0.497 e. The van der Waals surface area contributed by atoms with Crippen molar-refractivity contribution in [3.05, 3.63) is 83.6 Å².